The van der Waals surface area contributed by atoms with E-state index < -0.39 is 23.9 Å². The topological polar surface area (TPSA) is 123 Å². The maximum absolute atomic E-state index is 13.1. The molecule has 0 spiro atoms. The van der Waals surface area contributed by atoms with Gasteiger partial charge in [-0.3, -0.25) is 14.7 Å². The number of hydrogen-bond donors (Lipinski definition) is 1. The predicted molar refractivity (Wildman–Crippen MR) is 156 cm³/mol. The number of carbonyl (C=O) groups is 3. The number of methoxy groups -OCH3 is 1. The van der Waals surface area contributed by atoms with Gasteiger partial charge < -0.3 is 24.4 Å². The van der Waals surface area contributed by atoms with Crippen molar-refractivity contribution in [3.05, 3.63) is 54.2 Å². The number of pyridine rings is 2. The Labute approximate surface area is 241 Å². The van der Waals surface area contributed by atoms with Crippen LogP contribution >= 0.6 is 11.8 Å². The number of rotatable bonds is 7. The second kappa shape index (κ2) is 11.7. The van der Waals surface area contributed by atoms with Gasteiger partial charge in [0.1, 0.15) is 11.7 Å². The van der Waals surface area contributed by atoms with E-state index in [-0.39, 0.29) is 25.5 Å². The van der Waals surface area contributed by atoms with Crippen LogP contribution in [0, 0.1) is 0 Å². The van der Waals surface area contributed by atoms with Gasteiger partial charge in [0.15, 0.2) is 0 Å². The zero-order chi connectivity index (χ0) is 29.1. The minimum Gasteiger partial charge on any atom is -0.481 e. The summed E-state index contributed by atoms with van der Waals surface area (Å²) in [5.74, 6) is 0.748. The molecule has 2 aromatic heterocycles. The van der Waals surface area contributed by atoms with Crippen molar-refractivity contribution in [2.24, 2.45) is 0 Å². The van der Waals surface area contributed by atoms with E-state index in [0.717, 1.165) is 16.0 Å². The van der Waals surface area contributed by atoms with Gasteiger partial charge in [-0.2, -0.15) is 0 Å². The van der Waals surface area contributed by atoms with E-state index in [1.54, 1.807) is 46.2 Å². The Balaban J connectivity index is 1.32. The number of carbonyl (C=O) groups excluding carboxylic acids is 3. The molecule has 3 amide bonds. The lowest BCUT2D eigenvalue weighted by Crippen LogP contribution is -2.42. The molecule has 0 saturated carbocycles. The lowest BCUT2D eigenvalue weighted by atomic mass is 10.2. The van der Waals surface area contributed by atoms with Crippen LogP contribution in [-0.4, -0.2) is 77.2 Å². The van der Waals surface area contributed by atoms with Crippen molar-refractivity contribution in [2.75, 3.05) is 42.7 Å². The summed E-state index contributed by atoms with van der Waals surface area (Å²) < 4.78 is 16.5. The Hall–Kier alpha value is -4.32. The molecule has 0 radical (unpaired) electrons. The molecule has 11 nitrogen and oxygen atoms in total. The molecule has 3 aromatic rings. The molecule has 1 fully saturated rings. The maximum atomic E-state index is 13.1. The molecule has 0 aliphatic carbocycles. The first-order chi connectivity index (χ1) is 19.6. The Morgan fingerprint density at radius 1 is 1.24 bits per heavy atom. The number of ether oxygens (including phenoxy) is 3. The third-order valence-corrected chi connectivity index (χ3v) is 7.35. The molecule has 1 unspecified atom stereocenters. The van der Waals surface area contributed by atoms with E-state index in [9.17, 15) is 14.4 Å². The number of fused-ring (bicyclic) bond motifs is 2. The first kappa shape index (κ1) is 28.2. The van der Waals surface area contributed by atoms with E-state index in [2.05, 4.69) is 15.3 Å². The number of benzene rings is 1. The summed E-state index contributed by atoms with van der Waals surface area (Å²) in [6, 6.07) is 10.9. The van der Waals surface area contributed by atoms with Gasteiger partial charge in [0.05, 0.1) is 42.7 Å². The highest BCUT2D eigenvalue weighted by atomic mass is 32.2. The van der Waals surface area contributed by atoms with Crippen molar-refractivity contribution in [1.82, 2.24) is 14.9 Å². The summed E-state index contributed by atoms with van der Waals surface area (Å²) in [6.45, 7) is 5.96. The molecule has 1 saturated heterocycles. The molecule has 4 heterocycles. The molecule has 1 atom stereocenters. The zero-order valence-electron chi connectivity index (χ0n) is 23.2. The van der Waals surface area contributed by atoms with E-state index in [1.165, 1.54) is 21.6 Å². The fraction of sp³-hybridized carbons (Fsp3) is 0.345. The molecule has 41 heavy (non-hydrogen) atoms. The molecule has 12 heteroatoms. The fourth-order valence-corrected chi connectivity index (χ4v) is 5.23. The molecule has 2 aliphatic rings. The smallest absolute Gasteiger partial charge is 0.414 e. The summed E-state index contributed by atoms with van der Waals surface area (Å²) in [5, 5.41) is 2.84. The van der Waals surface area contributed by atoms with E-state index in [1.807, 2.05) is 36.4 Å². The number of anilines is 2. The van der Waals surface area contributed by atoms with Crippen LogP contribution < -0.4 is 15.0 Å². The molecule has 0 bridgehead atoms. The second-order valence-electron chi connectivity index (χ2n) is 10.5. The van der Waals surface area contributed by atoms with E-state index >= 15 is 0 Å². The Morgan fingerprint density at radius 3 is 2.85 bits per heavy atom. The molecular weight excluding hydrogens is 546 g/mol. The Bertz CT molecular complexity index is 1520. The van der Waals surface area contributed by atoms with Gasteiger partial charge in [-0.15, -0.1) is 11.8 Å². The normalized spacial score (nSPS) is 16.9. The molecule has 214 valence electrons. The maximum Gasteiger partial charge on any atom is 0.414 e. The zero-order valence-corrected chi connectivity index (χ0v) is 24.1. The largest absolute Gasteiger partial charge is 0.481 e. The highest BCUT2D eigenvalue weighted by molar-refractivity contribution is 8.00. The molecule has 2 aliphatic heterocycles. The molecule has 5 rings (SSSR count). The third-order valence-electron chi connectivity index (χ3n) is 6.28. The van der Waals surface area contributed by atoms with Crippen molar-refractivity contribution in [1.29, 1.82) is 0 Å². The van der Waals surface area contributed by atoms with Crippen LogP contribution in [0.3, 0.4) is 0 Å². The monoisotopic (exact) mass is 577 g/mol. The van der Waals surface area contributed by atoms with Crippen LogP contribution in [0.4, 0.5) is 21.0 Å². The van der Waals surface area contributed by atoms with Crippen LogP contribution in [0.15, 0.2) is 53.6 Å². The highest BCUT2D eigenvalue weighted by Crippen LogP contribution is 2.35. The van der Waals surface area contributed by atoms with Crippen molar-refractivity contribution in [3.8, 4) is 5.88 Å². The van der Waals surface area contributed by atoms with Gasteiger partial charge in [-0.05, 0) is 51.1 Å². The number of hydrogen-bond acceptors (Lipinski definition) is 9. The summed E-state index contributed by atoms with van der Waals surface area (Å²) in [7, 11) is 1.55. The van der Waals surface area contributed by atoms with Crippen molar-refractivity contribution in [3.63, 3.8) is 0 Å². The van der Waals surface area contributed by atoms with Crippen LogP contribution in [0.5, 0.6) is 5.88 Å². The summed E-state index contributed by atoms with van der Waals surface area (Å²) in [4.78, 5) is 50.6. The van der Waals surface area contributed by atoms with Crippen molar-refractivity contribution < 1.29 is 28.6 Å². The highest BCUT2D eigenvalue weighted by Gasteiger charge is 2.35. The first-order valence-corrected chi connectivity index (χ1v) is 14.1. The second-order valence-corrected chi connectivity index (χ2v) is 11.6. The van der Waals surface area contributed by atoms with Gasteiger partial charge in [0.25, 0.3) is 0 Å². The standard InChI is InChI=1S/C29H31N5O6S/c1-29(2,3)40-27(36)33(13-5-6-18-11-12-30-21-8-10-25(38-4)32-26(18)21)15-20-16-34(28(37)39-20)19-7-9-23-22(14-19)31-24(35)17-41-23/h5-12,14,20H,13,15-17H2,1-4H3,(H,31,35). The fourth-order valence-electron chi connectivity index (χ4n) is 4.44. The summed E-state index contributed by atoms with van der Waals surface area (Å²) in [5.41, 5.74) is 2.77. The Morgan fingerprint density at radius 2 is 2.07 bits per heavy atom. The van der Waals surface area contributed by atoms with Crippen LogP contribution in [0.1, 0.15) is 26.3 Å². The Kier molecular flexibility index (Phi) is 8.02. The van der Waals surface area contributed by atoms with Gasteiger partial charge in [0.2, 0.25) is 11.8 Å². The average Bonchev–Trinajstić information content (AvgIpc) is 3.30. The van der Waals surface area contributed by atoms with E-state index in [0.29, 0.717) is 28.5 Å². The number of aromatic nitrogens is 2. The first-order valence-electron chi connectivity index (χ1n) is 13.1. The van der Waals surface area contributed by atoms with Crippen LogP contribution in [0.2, 0.25) is 0 Å². The molecule has 1 N–H and O–H groups in total. The van der Waals surface area contributed by atoms with Gasteiger partial charge in [-0.1, -0.05) is 12.2 Å². The minimum absolute atomic E-state index is 0.0859. The molecular formula is C29H31N5O6S. The predicted octanol–water partition coefficient (Wildman–Crippen LogP) is 4.96. The lowest BCUT2D eigenvalue weighted by molar-refractivity contribution is -0.113. The summed E-state index contributed by atoms with van der Waals surface area (Å²) >= 11 is 1.45. The van der Waals surface area contributed by atoms with Gasteiger partial charge in [-0.25, -0.2) is 14.6 Å². The van der Waals surface area contributed by atoms with Crippen LogP contribution in [0.25, 0.3) is 17.1 Å². The number of nitrogens with one attached hydrogen (secondary N) is 1. The number of nitrogens with zero attached hydrogens (tertiary/aromatic N) is 4. The van der Waals surface area contributed by atoms with Crippen molar-refractivity contribution >= 4 is 58.3 Å². The quantitative estimate of drug-likeness (QED) is 0.415. The average molecular weight is 578 g/mol. The van der Waals surface area contributed by atoms with Crippen LogP contribution in [-0.2, 0) is 14.3 Å². The van der Waals surface area contributed by atoms with Gasteiger partial charge >= 0.3 is 12.2 Å². The SMILES string of the molecule is COc1ccc2nccc(C=CCN(CC3CN(c4ccc5c(c4)NC(=O)CS5)C(=O)O3)C(=O)OC(C)(C)C)c2n1. The lowest BCUT2D eigenvalue weighted by Gasteiger charge is -2.28. The minimum atomic E-state index is -0.704. The van der Waals surface area contributed by atoms with E-state index in [4.69, 9.17) is 14.2 Å². The summed E-state index contributed by atoms with van der Waals surface area (Å²) in [6.07, 6.45) is 3.76. The molecule has 1 aromatic carbocycles. The number of cyclic esters (lactones) is 1. The number of amides is 3. The van der Waals surface area contributed by atoms with Crippen molar-refractivity contribution in [2.45, 2.75) is 37.4 Å². The van der Waals surface area contributed by atoms with Gasteiger partial charge in [0, 0.05) is 35.0 Å². The number of thioether (sulfide) groups is 1. The third kappa shape index (κ3) is 6.71.